The molecule has 1 aromatic rings. The van der Waals surface area contributed by atoms with Gasteiger partial charge in [-0.25, -0.2) is 0 Å². The Morgan fingerprint density at radius 2 is 2.28 bits per heavy atom. The van der Waals surface area contributed by atoms with Crippen LogP contribution < -0.4 is 0 Å². The molecule has 3 heterocycles. The van der Waals surface area contributed by atoms with Crippen molar-refractivity contribution in [2.75, 3.05) is 0 Å². The lowest BCUT2D eigenvalue weighted by Gasteiger charge is -2.26. The molecule has 4 nitrogen and oxygen atoms in total. The van der Waals surface area contributed by atoms with E-state index in [9.17, 15) is 5.11 Å². The number of nitrogens with zero attached hydrogens (tertiary/aromatic N) is 2. The van der Waals surface area contributed by atoms with Crippen molar-refractivity contribution in [3.05, 3.63) is 16.4 Å². The van der Waals surface area contributed by atoms with Gasteiger partial charge in [-0.05, 0) is 49.0 Å². The summed E-state index contributed by atoms with van der Waals surface area (Å²) in [4.78, 5) is 0. The number of halogens is 1. The molecule has 1 N–H and O–H groups in total. The highest BCUT2D eigenvalue weighted by Crippen LogP contribution is 2.45. The average molecular weight is 315 g/mol. The smallest absolute Gasteiger partial charge is 0.102 e. The van der Waals surface area contributed by atoms with Gasteiger partial charge in [0.1, 0.15) is 6.10 Å². The fourth-order valence-electron chi connectivity index (χ4n) is 3.25. The summed E-state index contributed by atoms with van der Waals surface area (Å²) in [5.41, 5.74) is 0.895. The van der Waals surface area contributed by atoms with Crippen LogP contribution >= 0.6 is 15.9 Å². The Kier molecular flexibility index (Phi) is 3.24. The Morgan fingerprint density at radius 3 is 2.83 bits per heavy atom. The zero-order chi connectivity index (χ0) is 12.9. The van der Waals surface area contributed by atoms with E-state index >= 15 is 0 Å². The van der Waals surface area contributed by atoms with Crippen molar-refractivity contribution in [1.82, 2.24) is 9.78 Å². The minimum Gasteiger partial charge on any atom is -0.386 e. The summed E-state index contributed by atoms with van der Waals surface area (Å²) >= 11 is 3.50. The third kappa shape index (κ3) is 1.92. The van der Waals surface area contributed by atoms with Gasteiger partial charge in [0.15, 0.2) is 0 Å². The number of aliphatic hydroxyl groups excluding tert-OH is 1. The van der Waals surface area contributed by atoms with Crippen LogP contribution in [0.5, 0.6) is 0 Å². The predicted octanol–water partition coefficient (Wildman–Crippen LogP) is 2.83. The minimum absolute atomic E-state index is 0.217. The van der Waals surface area contributed by atoms with Gasteiger partial charge in [0.05, 0.1) is 28.6 Å². The molecule has 0 saturated carbocycles. The maximum atomic E-state index is 10.7. The van der Waals surface area contributed by atoms with Gasteiger partial charge in [0.25, 0.3) is 0 Å². The summed E-state index contributed by atoms with van der Waals surface area (Å²) < 4.78 is 8.64. The second kappa shape index (κ2) is 4.62. The Balaban J connectivity index is 1.88. The van der Waals surface area contributed by atoms with Crippen LogP contribution in [-0.4, -0.2) is 27.1 Å². The van der Waals surface area contributed by atoms with Crippen LogP contribution in [0.4, 0.5) is 0 Å². The fraction of sp³-hybridized carbons (Fsp3) is 0.769. The first kappa shape index (κ1) is 12.6. The molecule has 5 heteroatoms. The molecule has 4 atom stereocenters. The number of aromatic nitrogens is 2. The van der Waals surface area contributed by atoms with Gasteiger partial charge in [-0.1, -0.05) is 0 Å². The van der Waals surface area contributed by atoms with Crippen molar-refractivity contribution in [3.63, 3.8) is 0 Å². The first-order valence-electron chi connectivity index (χ1n) is 6.64. The molecule has 3 rings (SSSR count). The van der Waals surface area contributed by atoms with Gasteiger partial charge >= 0.3 is 0 Å². The SMILES string of the molecule is CC(C)n1ncc(Br)c1C(O)C1CC2CCC1O2. The number of hydrogen-bond acceptors (Lipinski definition) is 3. The van der Waals surface area contributed by atoms with Crippen molar-refractivity contribution < 1.29 is 9.84 Å². The maximum absolute atomic E-state index is 10.7. The first-order valence-corrected chi connectivity index (χ1v) is 7.43. The zero-order valence-electron chi connectivity index (χ0n) is 10.7. The van der Waals surface area contributed by atoms with Crippen LogP contribution in [0, 0.1) is 5.92 Å². The Bertz CT molecular complexity index is 446. The van der Waals surface area contributed by atoms with E-state index in [1.165, 1.54) is 0 Å². The molecule has 1 aromatic heterocycles. The van der Waals surface area contributed by atoms with Crippen molar-refractivity contribution in [3.8, 4) is 0 Å². The second-order valence-electron chi connectivity index (χ2n) is 5.63. The molecule has 0 aromatic carbocycles. The molecule has 0 radical (unpaired) electrons. The van der Waals surface area contributed by atoms with E-state index in [0.29, 0.717) is 6.10 Å². The Hall–Kier alpha value is -0.390. The van der Waals surface area contributed by atoms with Crippen LogP contribution in [-0.2, 0) is 4.74 Å². The molecule has 0 aliphatic carbocycles. The highest BCUT2D eigenvalue weighted by atomic mass is 79.9. The van der Waals surface area contributed by atoms with E-state index in [0.717, 1.165) is 29.4 Å². The van der Waals surface area contributed by atoms with E-state index in [1.54, 1.807) is 6.20 Å². The molecule has 2 bridgehead atoms. The van der Waals surface area contributed by atoms with Crippen LogP contribution in [0.15, 0.2) is 10.7 Å². The fourth-order valence-corrected chi connectivity index (χ4v) is 3.76. The Labute approximate surface area is 115 Å². The predicted molar refractivity (Wildman–Crippen MR) is 71.3 cm³/mol. The van der Waals surface area contributed by atoms with E-state index in [1.807, 2.05) is 4.68 Å². The van der Waals surface area contributed by atoms with E-state index in [4.69, 9.17) is 4.74 Å². The molecule has 2 aliphatic heterocycles. The molecule has 0 amide bonds. The lowest BCUT2D eigenvalue weighted by molar-refractivity contribution is 0.0371. The largest absolute Gasteiger partial charge is 0.386 e. The number of rotatable bonds is 3. The summed E-state index contributed by atoms with van der Waals surface area (Å²) in [5, 5.41) is 15.0. The monoisotopic (exact) mass is 314 g/mol. The van der Waals surface area contributed by atoms with Crippen LogP contribution in [0.25, 0.3) is 0 Å². The molecule has 2 saturated heterocycles. The second-order valence-corrected chi connectivity index (χ2v) is 6.49. The topological polar surface area (TPSA) is 47.3 Å². The zero-order valence-corrected chi connectivity index (χ0v) is 12.3. The van der Waals surface area contributed by atoms with E-state index < -0.39 is 6.10 Å². The van der Waals surface area contributed by atoms with Gasteiger partial charge in [-0.2, -0.15) is 5.10 Å². The normalized spacial score (nSPS) is 32.4. The van der Waals surface area contributed by atoms with Gasteiger partial charge in [-0.3, -0.25) is 4.68 Å². The highest BCUT2D eigenvalue weighted by Gasteiger charge is 2.45. The minimum atomic E-state index is -0.487. The number of fused-ring (bicyclic) bond motifs is 2. The van der Waals surface area contributed by atoms with Crippen LogP contribution in [0.1, 0.15) is 50.9 Å². The van der Waals surface area contributed by atoms with Gasteiger partial charge in [0.2, 0.25) is 0 Å². The number of aliphatic hydroxyl groups is 1. The third-order valence-corrected chi connectivity index (χ3v) is 4.73. The standard InChI is InChI=1S/C13H19BrN2O2/c1-7(2)16-12(10(14)6-15-16)13(17)9-5-8-3-4-11(9)18-8/h6-9,11,13,17H,3-5H2,1-2H3. The molecule has 2 fully saturated rings. The van der Waals surface area contributed by atoms with Crippen LogP contribution in [0.2, 0.25) is 0 Å². The molecular formula is C13H19BrN2O2. The lowest BCUT2D eigenvalue weighted by atomic mass is 9.84. The summed E-state index contributed by atoms with van der Waals surface area (Å²) in [6.07, 6.45) is 5.09. The molecule has 2 aliphatic rings. The molecule has 0 spiro atoms. The number of hydrogen-bond donors (Lipinski definition) is 1. The summed E-state index contributed by atoms with van der Waals surface area (Å²) in [6, 6.07) is 0.250. The molecular weight excluding hydrogens is 296 g/mol. The van der Waals surface area contributed by atoms with E-state index in [2.05, 4.69) is 34.9 Å². The first-order chi connectivity index (χ1) is 8.58. The van der Waals surface area contributed by atoms with Gasteiger partial charge in [-0.15, -0.1) is 0 Å². The van der Waals surface area contributed by atoms with Gasteiger partial charge in [0, 0.05) is 12.0 Å². The van der Waals surface area contributed by atoms with Crippen molar-refractivity contribution in [1.29, 1.82) is 0 Å². The summed E-state index contributed by atoms with van der Waals surface area (Å²) in [6.45, 7) is 4.15. The highest BCUT2D eigenvalue weighted by molar-refractivity contribution is 9.10. The quantitative estimate of drug-likeness (QED) is 0.933. The van der Waals surface area contributed by atoms with Gasteiger partial charge < -0.3 is 9.84 Å². The molecule has 100 valence electrons. The van der Waals surface area contributed by atoms with Crippen LogP contribution in [0.3, 0.4) is 0 Å². The summed E-state index contributed by atoms with van der Waals surface area (Å²) in [5.74, 6) is 0.217. The van der Waals surface area contributed by atoms with Crippen molar-refractivity contribution in [2.24, 2.45) is 5.92 Å². The Morgan fingerprint density at radius 1 is 1.50 bits per heavy atom. The number of ether oxygens (including phenoxy) is 1. The summed E-state index contributed by atoms with van der Waals surface area (Å²) in [7, 11) is 0. The maximum Gasteiger partial charge on any atom is 0.102 e. The lowest BCUT2D eigenvalue weighted by Crippen LogP contribution is -2.26. The van der Waals surface area contributed by atoms with Crippen molar-refractivity contribution in [2.45, 2.75) is 57.5 Å². The average Bonchev–Trinajstić information content (AvgIpc) is 3.01. The van der Waals surface area contributed by atoms with Crippen molar-refractivity contribution >= 4 is 15.9 Å². The molecule has 18 heavy (non-hydrogen) atoms. The third-order valence-electron chi connectivity index (χ3n) is 4.11. The van der Waals surface area contributed by atoms with E-state index in [-0.39, 0.29) is 18.1 Å². The molecule has 4 unspecified atom stereocenters.